The SMILES string of the molecule is CCCCNC(=O)c1cccc(C(=O)Nc2cc(C)ccc2OC)n1. The van der Waals surface area contributed by atoms with Gasteiger partial charge in [0.2, 0.25) is 0 Å². The van der Waals surface area contributed by atoms with Gasteiger partial charge in [0, 0.05) is 6.54 Å². The van der Waals surface area contributed by atoms with Crippen LogP contribution in [0.3, 0.4) is 0 Å². The number of carbonyl (C=O) groups excluding carboxylic acids is 2. The molecule has 25 heavy (non-hydrogen) atoms. The van der Waals surface area contributed by atoms with Gasteiger partial charge in [-0.2, -0.15) is 0 Å². The van der Waals surface area contributed by atoms with E-state index in [2.05, 4.69) is 22.5 Å². The number of aromatic nitrogens is 1. The molecule has 1 aromatic carbocycles. The van der Waals surface area contributed by atoms with Crippen molar-refractivity contribution >= 4 is 17.5 Å². The number of methoxy groups -OCH3 is 1. The van der Waals surface area contributed by atoms with Crippen molar-refractivity contribution in [3.8, 4) is 5.75 Å². The minimum atomic E-state index is -0.396. The van der Waals surface area contributed by atoms with E-state index in [0.717, 1.165) is 18.4 Å². The molecular formula is C19H23N3O3. The van der Waals surface area contributed by atoms with Crippen molar-refractivity contribution in [2.45, 2.75) is 26.7 Å². The smallest absolute Gasteiger partial charge is 0.274 e. The number of benzene rings is 1. The number of nitrogens with one attached hydrogen (secondary N) is 2. The van der Waals surface area contributed by atoms with Crippen molar-refractivity contribution in [2.24, 2.45) is 0 Å². The molecule has 0 spiro atoms. The van der Waals surface area contributed by atoms with Gasteiger partial charge >= 0.3 is 0 Å². The zero-order valence-electron chi connectivity index (χ0n) is 14.8. The number of unbranched alkanes of at least 4 members (excludes halogenated alkanes) is 1. The summed E-state index contributed by atoms with van der Waals surface area (Å²) in [4.78, 5) is 28.7. The minimum absolute atomic E-state index is 0.173. The van der Waals surface area contributed by atoms with E-state index in [1.54, 1.807) is 31.4 Å². The van der Waals surface area contributed by atoms with Crippen molar-refractivity contribution in [1.82, 2.24) is 10.3 Å². The van der Waals surface area contributed by atoms with Crippen molar-refractivity contribution in [3.63, 3.8) is 0 Å². The van der Waals surface area contributed by atoms with Gasteiger partial charge in [-0.15, -0.1) is 0 Å². The van der Waals surface area contributed by atoms with Crippen LogP contribution in [0.4, 0.5) is 5.69 Å². The Balaban J connectivity index is 2.13. The number of amides is 2. The van der Waals surface area contributed by atoms with E-state index in [9.17, 15) is 9.59 Å². The van der Waals surface area contributed by atoms with E-state index >= 15 is 0 Å². The van der Waals surface area contributed by atoms with E-state index in [1.807, 2.05) is 19.1 Å². The number of ether oxygens (including phenoxy) is 1. The zero-order chi connectivity index (χ0) is 18.2. The number of anilines is 1. The molecule has 6 nitrogen and oxygen atoms in total. The molecule has 0 aliphatic rings. The Morgan fingerprint density at radius 1 is 1.12 bits per heavy atom. The molecule has 0 aliphatic carbocycles. The van der Waals surface area contributed by atoms with Crippen LogP contribution in [0.1, 0.15) is 46.3 Å². The largest absolute Gasteiger partial charge is 0.495 e. The molecule has 2 N–H and O–H groups in total. The lowest BCUT2D eigenvalue weighted by atomic mass is 10.2. The van der Waals surface area contributed by atoms with Crippen LogP contribution in [0.2, 0.25) is 0 Å². The van der Waals surface area contributed by atoms with Gasteiger partial charge in [0.1, 0.15) is 17.1 Å². The molecule has 1 aromatic heterocycles. The first kappa shape index (κ1) is 18.4. The first-order valence-corrected chi connectivity index (χ1v) is 8.26. The van der Waals surface area contributed by atoms with Crippen LogP contribution < -0.4 is 15.4 Å². The highest BCUT2D eigenvalue weighted by atomic mass is 16.5. The Bertz CT molecular complexity index is 759. The maximum Gasteiger partial charge on any atom is 0.274 e. The monoisotopic (exact) mass is 341 g/mol. The van der Waals surface area contributed by atoms with Gasteiger partial charge < -0.3 is 15.4 Å². The molecule has 0 bridgehead atoms. The molecule has 0 atom stereocenters. The van der Waals surface area contributed by atoms with Crippen molar-refractivity contribution in [1.29, 1.82) is 0 Å². The summed E-state index contributed by atoms with van der Waals surface area (Å²) >= 11 is 0. The first-order chi connectivity index (χ1) is 12.0. The molecule has 1 heterocycles. The van der Waals surface area contributed by atoms with Gasteiger partial charge in [-0.3, -0.25) is 9.59 Å². The maximum absolute atomic E-state index is 12.5. The van der Waals surface area contributed by atoms with Gasteiger partial charge in [-0.1, -0.05) is 25.5 Å². The number of aryl methyl sites for hydroxylation is 1. The normalized spacial score (nSPS) is 10.2. The van der Waals surface area contributed by atoms with Gasteiger partial charge in [0.05, 0.1) is 12.8 Å². The summed E-state index contributed by atoms with van der Waals surface area (Å²) in [5, 5.41) is 5.57. The number of hydrogen-bond donors (Lipinski definition) is 2. The fourth-order valence-electron chi connectivity index (χ4n) is 2.26. The summed E-state index contributed by atoms with van der Waals surface area (Å²) in [6.07, 6.45) is 1.90. The fraction of sp³-hybridized carbons (Fsp3) is 0.316. The summed E-state index contributed by atoms with van der Waals surface area (Å²) < 4.78 is 5.25. The minimum Gasteiger partial charge on any atom is -0.495 e. The second-order valence-corrected chi connectivity index (χ2v) is 5.68. The highest BCUT2D eigenvalue weighted by molar-refractivity contribution is 6.04. The fourth-order valence-corrected chi connectivity index (χ4v) is 2.26. The van der Waals surface area contributed by atoms with E-state index in [0.29, 0.717) is 18.0 Å². The number of rotatable bonds is 7. The molecule has 2 aromatic rings. The van der Waals surface area contributed by atoms with Gasteiger partial charge in [-0.05, 0) is 43.2 Å². The van der Waals surface area contributed by atoms with Gasteiger partial charge in [0.25, 0.3) is 11.8 Å². The van der Waals surface area contributed by atoms with Crippen molar-refractivity contribution in [2.75, 3.05) is 19.0 Å². The topological polar surface area (TPSA) is 80.3 Å². The second kappa shape index (κ2) is 8.82. The van der Waals surface area contributed by atoms with Crippen LogP contribution in [0.25, 0.3) is 0 Å². The highest BCUT2D eigenvalue weighted by Crippen LogP contribution is 2.25. The third-order valence-corrected chi connectivity index (χ3v) is 3.63. The predicted octanol–water partition coefficient (Wildman–Crippen LogP) is 3.18. The molecule has 2 rings (SSSR count). The van der Waals surface area contributed by atoms with Crippen LogP contribution in [-0.4, -0.2) is 30.5 Å². The lowest BCUT2D eigenvalue weighted by molar-refractivity contribution is 0.0948. The molecule has 132 valence electrons. The predicted molar refractivity (Wildman–Crippen MR) is 97.2 cm³/mol. The second-order valence-electron chi connectivity index (χ2n) is 5.68. The average molecular weight is 341 g/mol. The molecular weight excluding hydrogens is 318 g/mol. The third-order valence-electron chi connectivity index (χ3n) is 3.63. The van der Waals surface area contributed by atoms with Crippen molar-refractivity contribution in [3.05, 3.63) is 53.3 Å². The van der Waals surface area contributed by atoms with Crippen LogP contribution in [0, 0.1) is 6.92 Å². The third kappa shape index (κ3) is 5.04. The Labute approximate surface area is 147 Å². The van der Waals surface area contributed by atoms with Crippen LogP contribution in [0.5, 0.6) is 5.75 Å². The van der Waals surface area contributed by atoms with Crippen LogP contribution >= 0.6 is 0 Å². The highest BCUT2D eigenvalue weighted by Gasteiger charge is 2.14. The number of pyridine rings is 1. The molecule has 0 saturated carbocycles. The summed E-state index contributed by atoms with van der Waals surface area (Å²) in [5.41, 5.74) is 1.95. The van der Waals surface area contributed by atoms with Crippen LogP contribution in [-0.2, 0) is 0 Å². The summed E-state index contributed by atoms with van der Waals surface area (Å²) in [6.45, 7) is 4.57. The van der Waals surface area contributed by atoms with Crippen molar-refractivity contribution < 1.29 is 14.3 Å². The molecule has 2 amide bonds. The quantitative estimate of drug-likeness (QED) is 0.758. The van der Waals surface area contributed by atoms with Gasteiger partial charge in [0.15, 0.2) is 0 Å². The van der Waals surface area contributed by atoms with Gasteiger partial charge in [-0.25, -0.2) is 4.98 Å². The Morgan fingerprint density at radius 2 is 1.84 bits per heavy atom. The molecule has 0 fully saturated rings. The Kier molecular flexibility index (Phi) is 6.51. The standard InChI is InChI=1S/C19H23N3O3/c1-4-5-11-20-18(23)14-7-6-8-15(21-14)19(24)22-16-12-13(2)9-10-17(16)25-3/h6-10,12H,4-5,11H2,1-3H3,(H,20,23)(H,22,24). The van der Waals surface area contributed by atoms with E-state index in [1.165, 1.54) is 0 Å². The first-order valence-electron chi connectivity index (χ1n) is 8.26. The average Bonchev–Trinajstić information content (AvgIpc) is 2.62. The maximum atomic E-state index is 12.5. The zero-order valence-corrected chi connectivity index (χ0v) is 14.8. The molecule has 0 aliphatic heterocycles. The van der Waals surface area contributed by atoms with Crippen LogP contribution in [0.15, 0.2) is 36.4 Å². The summed E-state index contributed by atoms with van der Waals surface area (Å²) in [5.74, 6) is -0.115. The number of carbonyl (C=O) groups is 2. The van der Waals surface area contributed by atoms with E-state index in [4.69, 9.17) is 4.74 Å². The molecule has 0 saturated heterocycles. The Hall–Kier alpha value is -2.89. The summed E-state index contributed by atoms with van der Waals surface area (Å²) in [6, 6.07) is 10.3. The molecule has 6 heteroatoms. The number of nitrogens with zero attached hydrogens (tertiary/aromatic N) is 1. The summed E-state index contributed by atoms with van der Waals surface area (Å²) in [7, 11) is 1.54. The molecule has 0 radical (unpaired) electrons. The van der Waals surface area contributed by atoms with E-state index < -0.39 is 5.91 Å². The lowest BCUT2D eigenvalue weighted by Gasteiger charge is -2.11. The Morgan fingerprint density at radius 3 is 2.52 bits per heavy atom. The molecule has 0 unspecified atom stereocenters. The number of hydrogen-bond acceptors (Lipinski definition) is 4. The lowest BCUT2D eigenvalue weighted by Crippen LogP contribution is -2.26. The van der Waals surface area contributed by atoms with E-state index in [-0.39, 0.29) is 17.3 Å².